The zero-order valence-corrected chi connectivity index (χ0v) is 17.9. The lowest BCUT2D eigenvalue weighted by atomic mass is 10.1. The van der Waals surface area contributed by atoms with Crippen LogP contribution in [0.2, 0.25) is 0 Å². The summed E-state index contributed by atoms with van der Waals surface area (Å²) in [6, 6.07) is 15.1. The fourth-order valence-electron chi connectivity index (χ4n) is 4.44. The molecule has 0 spiro atoms. The highest BCUT2D eigenvalue weighted by Gasteiger charge is 2.25. The molecule has 164 valence electrons. The second-order valence-electron chi connectivity index (χ2n) is 8.31. The maximum absolute atomic E-state index is 13.1. The Morgan fingerprint density at radius 3 is 2.56 bits per heavy atom. The number of nitrogens with zero attached hydrogens (tertiary/aromatic N) is 5. The van der Waals surface area contributed by atoms with Crippen molar-refractivity contribution in [3.63, 3.8) is 0 Å². The van der Waals surface area contributed by atoms with Crippen molar-refractivity contribution in [3.8, 4) is 0 Å². The SMILES string of the molecule is Nc1nc(CN2CCN(C(=O)c3cccc(N4CCCC4=O)c3)CC2)nc2ccccc12. The van der Waals surface area contributed by atoms with E-state index < -0.39 is 0 Å². The maximum atomic E-state index is 13.1. The molecule has 2 fully saturated rings. The van der Waals surface area contributed by atoms with Crippen molar-refractivity contribution in [1.82, 2.24) is 19.8 Å². The van der Waals surface area contributed by atoms with Gasteiger partial charge in [0.1, 0.15) is 11.6 Å². The number of anilines is 2. The Hall–Kier alpha value is -3.52. The van der Waals surface area contributed by atoms with E-state index in [0.717, 1.165) is 42.6 Å². The largest absolute Gasteiger partial charge is 0.383 e. The Balaban J connectivity index is 1.22. The zero-order chi connectivity index (χ0) is 22.1. The third kappa shape index (κ3) is 4.01. The van der Waals surface area contributed by atoms with Gasteiger partial charge in [0.15, 0.2) is 0 Å². The molecule has 8 heteroatoms. The second-order valence-corrected chi connectivity index (χ2v) is 8.31. The number of fused-ring (bicyclic) bond motifs is 1. The smallest absolute Gasteiger partial charge is 0.254 e. The number of benzene rings is 2. The molecule has 2 aromatic carbocycles. The Kier molecular flexibility index (Phi) is 5.45. The lowest BCUT2D eigenvalue weighted by molar-refractivity contribution is -0.117. The van der Waals surface area contributed by atoms with Crippen molar-refractivity contribution < 1.29 is 9.59 Å². The van der Waals surface area contributed by atoms with Crippen LogP contribution < -0.4 is 10.6 Å². The topological polar surface area (TPSA) is 95.7 Å². The minimum Gasteiger partial charge on any atom is -0.383 e. The van der Waals surface area contributed by atoms with Crippen molar-refractivity contribution in [2.45, 2.75) is 19.4 Å². The molecular weight excluding hydrogens is 404 g/mol. The van der Waals surface area contributed by atoms with E-state index in [2.05, 4.69) is 14.9 Å². The third-order valence-electron chi connectivity index (χ3n) is 6.18. The van der Waals surface area contributed by atoms with Crippen LogP contribution in [0.25, 0.3) is 10.9 Å². The summed E-state index contributed by atoms with van der Waals surface area (Å²) in [6.45, 7) is 4.07. The maximum Gasteiger partial charge on any atom is 0.254 e. The molecule has 0 unspecified atom stereocenters. The molecule has 3 heterocycles. The van der Waals surface area contributed by atoms with E-state index in [-0.39, 0.29) is 11.8 Å². The molecule has 2 amide bonds. The van der Waals surface area contributed by atoms with Crippen LogP contribution in [0.1, 0.15) is 29.0 Å². The van der Waals surface area contributed by atoms with Gasteiger partial charge in [-0.1, -0.05) is 18.2 Å². The molecule has 2 N–H and O–H groups in total. The molecule has 0 atom stereocenters. The number of amides is 2. The lowest BCUT2D eigenvalue weighted by Crippen LogP contribution is -2.48. The number of aromatic nitrogens is 2. The second kappa shape index (κ2) is 8.55. The highest BCUT2D eigenvalue weighted by molar-refractivity contribution is 5.99. The fourth-order valence-corrected chi connectivity index (χ4v) is 4.44. The van der Waals surface area contributed by atoms with Crippen LogP contribution in [0.15, 0.2) is 48.5 Å². The molecule has 2 saturated heterocycles. The number of hydrogen-bond donors (Lipinski definition) is 1. The van der Waals surface area contributed by atoms with Gasteiger partial charge in [-0.25, -0.2) is 9.97 Å². The van der Waals surface area contributed by atoms with Crippen molar-refractivity contribution in [2.75, 3.05) is 43.4 Å². The Morgan fingerprint density at radius 1 is 0.969 bits per heavy atom. The fraction of sp³-hybridized carbons (Fsp3) is 0.333. The summed E-state index contributed by atoms with van der Waals surface area (Å²) in [5.74, 6) is 1.32. The summed E-state index contributed by atoms with van der Waals surface area (Å²) in [7, 11) is 0. The van der Waals surface area contributed by atoms with Gasteiger partial charge < -0.3 is 15.5 Å². The van der Waals surface area contributed by atoms with Gasteiger partial charge in [0, 0.05) is 55.8 Å². The number of carbonyl (C=O) groups excluding carboxylic acids is 2. The molecule has 8 nitrogen and oxygen atoms in total. The molecule has 1 aromatic heterocycles. The third-order valence-corrected chi connectivity index (χ3v) is 6.18. The molecule has 2 aliphatic rings. The highest BCUT2D eigenvalue weighted by atomic mass is 16.2. The van der Waals surface area contributed by atoms with Gasteiger partial charge in [0.25, 0.3) is 5.91 Å². The molecule has 0 saturated carbocycles. The van der Waals surface area contributed by atoms with Crippen LogP contribution in [0.3, 0.4) is 0 Å². The van der Waals surface area contributed by atoms with E-state index in [1.807, 2.05) is 53.4 Å². The number of rotatable bonds is 4. The minimum atomic E-state index is 0.00402. The number of piperazine rings is 1. The first-order valence-corrected chi connectivity index (χ1v) is 11.0. The van der Waals surface area contributed by atoms with Gasteiger partial charge in [-0.15, -0.1) is 0 Å². The molecule has 0 radical (unpaired) electrons. The summed E-state index contributed by atoms with van der Waals surface area (Å²) >= 11 is 0. The lowest BCUT2D eigenvalue weighted by Gasteiger charge is -2.34. The summed E-state index contributed by atoms with van der Waals surface area (Å²) < 4.78 is 0. The Morgan fingerprint density at radius 2 is 1.78 bits per heavy atom. The zero-order valence-electron chi connectivity index (χ0n) is 17.9. The van der Waals surface area contributed by atoms with Crippen LogP contribution in [-0.2, 0) is 11.3 Å². The van der Waals surface area contributed by atoms with Crippen LogP contribution in [0.4, 0.5) is 11.5 Å². The van der Waals surface area contributed by atoms with Gasteiger partial charge in [-0.3, -0.25) is 14.5 Å². The molecule has 0 aliphatic carbocycles. The molecule has 5 rings (SSSR count). The number of hydrogen-bond acceptors (Lipinski definition) is 6. The van der Waals surface area contributed by atoms with Crippen molar-refractivity contribution in [3.05, 3.63) is 59.9 Å². The Labute approximate surface area is 186 Å². The first-order valence-electron chi connectivity index (χ1n) is 11.0. The monoisotopic (exact) mass is 430 g/mol. The van der Waals surface area contributed by atoms with Crippen LogP contribution in [0, 0.1) is 0 Å². The van der Waals surface area contributed by atoms with E-state index >= 15 is 0 Å². The van der Waals surface area contributed by atoms with Crippen molar-refractivity contribution >= 4 is 34.2 Å². The number of carbonyl (C=O) groups is 2. The van der Waals surface area contributed by atoms with Crippen molar-refractivity contribution in [2.24, 2.45) is 0 Å². The molecule has 2 aliphatic heterocycles. The number of nitrogens with two attached hydrogens (primary N) is 1. The average molecular weight is 431 g/mol. The van der Waals surface area contributed by atoms with E-state index in [0.29, 0.717) is 43.3 Å². The van der Waals surface area contributed by atoms with Crippen LogP contribution in [-0.4, -0.2) is 64.3 Å². The predicted molar refractivity (Wildman–Crippen MR) is 123 cm³/mol. The molecule has 3 aromatic rings. The summed E-state index contributed by atoms with van der Waals surface area (Å²) in [5, 5.41) is 0.865. The molecule has 32 heavy (non-hydrogen) atoms. The van der Waals surface area contributed by atoms with Gasteiger partial charge in [0.05, 0.1) is 12.1 Å². The van der Waals surface area contributed by atoms with E-state index in [9.17, 15) is 9.59 Å². The highest BCUT2D eigenvalue weighted by Crippen LogP contribution is 2.23. The predicted octanol–water partition coefficient (Wildman–Crippen LogP) is 2.30. The first kappa shape index (κ1) is 20.4. The number of para-hydroxylation sites is 1. The number of nitrogen functional groups attached to an aromatic ring is 1. The quantitative estimate of drug-likeness (QED) is 0.682. The molecular formula is C24H26N6O2. The Bertz CT molecular complexity index is 1170. The van der Waals surface area contributed by atoms with Crippen LogP contribution in [0.5, 0.6) is 0 Å². The van der Waals surface area contributed by atoms with E-state index in [1.54, 1.807) is 4.90 Å². The summed E-state index contributed by atoms with van der Waals surface area (Å²) in [6.07, 6.45) is 1.44. The van der Waals surface area contributed by atoms with Crippen molar-refractivity contribution in [1.29, 1.82) is 0 Å². The van der Waals surface area contributed by atoms with E-state index in [4.69, 9.17) is 5.73 Å². The molecule has 0 bridgehead atoms. The average Bonchev–Trinajstić information content (AvgIpc) is 3.25. The van der Waals surface area contributed by atoms with E-state index in [1.165, 1.54) is 0 Å². The van der Waals surface area contributed by atoms with Gasteiger partial charge in [-0.05, 0) is 36.8 Å². The van der Waals surface area contributed by atoms with Gasteiger partial charge in [-0.2, -0.15) is 0 Å². The van der Waals surface area contributed by atoms with Gasteiger partial charge in [0.2, 0.25) is 5.91 Å². The summed E-state index contributed by atoms with van der Waals surface area (Å²) in [5.41, 5.74) is 8.39. The van der Waals surface area contributed by atoms with Crippen LogP contribution >= 0.6 is 0 Å². The summed E-state index contributed by atoms with van der Waals surface area (Å²) in [4.78, 5) is 40.1. The van der Waals surface area contributed by atoms with Gasteiger partial charge >= 0.3 is 0 Å². The first-order chi connectivity index (χ1) is 15.6. The minimum absolute atomic E-state index is 0.00402. The standard InChI is InChI=1S/C24H26N6O2/c25-23-19-7-1-2-8-20(19)26-21(27-23)16-28-11-13-29(14-12-28)24(32)17-5-3-6-18(15-17)30-10-4-9-22(30)31/h1-3,5-8,15H,4,9-14,16H2,(H2,25,26,27). The normalized spacial score (nSPS) is 17.3.